The Morgan fingerprint density at radius 3 is 2.35 bits per heavy atom. The Bertz CT molecular complexity index is 1280. The first-order valence-corrected chi connectivity index (χ1v) is 9.66. The number of aromatic nitrogens is 4. The van der Waals surface area contributed by atoms with Crippen molar-refractivity contribution in [2.75, 3.05) is 7.11 Å². The fourth-order valence-electron chi connectivity index (χ4n) is 3.44. The molecule has 0 aliphatic carbocycles. The molecule has 0 radical (unpaired) electrons. The molecular weight excluding hydrogens is 412 g/mol. The van der Waals surface area contributed by atoms with Crippen molar-refractivity contribution in [2.24, 2.45) is 0 Å². The smallest absolute Gasteiger partial charge is 0.161 e. The van der Waals surface area contributed by atoms with E-state index in [0.717, 1.165) is 45.4 Å². The predicted octanol–water partition coefficient (Wildman–Crippen LogP) is 5.43. The molecule has 3 aromatic carbocycles. The minimum atomic E-state index is 0. The Balaban J connectivity index is 0.00000231. The summed E-state index contributed by atoms with van der Waals surface area (Å²) in [5.41, 5.74) is 3.91. The van der Waals surface area contributed by atoms with E-state index in [0.29, 0.717) is 6.61 Å². The van der Waals surface area contributed by atoms with E-state index in [1.807, 2.05) is 77.4 Å². The molecule has 7 heteroatoms. The molecule has 0 bridgehead atoms. The number of benzene rings is 3. The highest BCUT2D eigenvalue weighted by Gasteiger charge is 2.16. The summed E-state index contributed by atoms with van der Waals surface area (Å²) in [6, 6.07) is 27.7. The standard InChI is InChI=1S/C24H20N4O2.ClH/c1-29-18-11-13-19(14-12-18)30-16-24-25-20-9-5-6-10-22(20)28(24)23-15-21(26-27-23)17-7-3-2-4-8-17;/h2-15H,16H2,1H3,(H,26,27);1H. The Morgan fingerprint density at radius 1 is 0.871 bits per heavy atom. The molecule has 0 fully saturated rings. The number of rotatable bonds is 6. The van der Waals surface area contributed by atoms with Gasteiger partial charge in [0.15, 0.2) is 11.6 Å². The summed E-state index contributed by atoms with van der Waals surface area (Å²) in [5, 5.41) is 7.68. The highest BCUT2D eigenvalue weighted by molar-refractivity contribution is 5.85. The molecule has 0 saturated heterocycles. The molecule has 5 aromatic rings. The summed E-state index contributed by atoms with van der Waals surface area (Å²) in [7, 11) is 1.64. The second kappa shape index (κ2) is 8.93. The van der Waals surface area contributed by atoms with Crippen LogP contribution < -0.4 is 9.47 Å². The third-order valence-electron chi connectivity index (χ3n) is 4.94. The number of para-hydroxylation sites is 2. The molecule has 0 saturated carbocycles. The monoisotopic (exact) mass is 432 g/mol. The Labute approximate surface area is 185 Å². The van der Waals surface area contributed by atoms with Crippen LogP contribution in [0.1, 0.15) is 5.82 Å². The predicted molar refractivity (Wildman–Crippen MR) is 123 cm³/mol. The van der Waals surface area contributed by atoms with Crippen molar-refractivity contribution in [3.8, 4) is 28.6 Å². The van der Waals surface area contributed by atoms with Gasteiger partial charge in [0.05, 0.1) is 23.8 Å². The van der Waals surface area contributed by atoms with E-state index in [9.17, 15) is 0 Å². The Morgan fingerprint density at radius 2 is 1.58 bits per heavy atom. The van der Waals surface area contributed by atoms with Gasteiger partial charge in [-0.1, -0.05) is 42.5 Å². The number of halogens is 1. The van der Waals surface area contributed by atoms with Crippen LogP contribution in [0.25, 0.3) is 28.1 Å². The van der Waals surface area contributed by atoms with Gasteiger partial charge >= 0.3 is 0 Å². The van der Waals surface area contributed by atoms with E-state index in [1.165, 1.54) is 0 Å². The third kappa shape index (κ3) is 4.11. The van der Waals surface area contributed by atoms with Crippen LogP contribution in [0.2, 0.25) is 0 Å². The first-order chi connectivity index (χ1) is 14.8. The quantitative estimate of drug-likeness (QED) is 0.389. The molecular formula is C24H21ClN4O2. The van der Waals surface area contributed by atoms with Gasteiger partial charge in [0.25, 0.3) is 0 Å². The number of aromatic amines is 1. The molecule has 5 rings (SSSR count). The molecule has 6 nitrogen and oxygen atoms in total. The summed E-state index contributed by atoms with van der Waals surface area (Å²) in [5.74, 6) is 3.09. The van der Waals surface area contributed by atoms with Crippen molar-refractivity contribution >= 4 is 23.4 Å². The minimum Gasteiger partial charge on any atom is -0.497 e. The van der Waals surface area contributed by atoms with Gasteiger partial charge in [-0.05, 0) is 42.0 Å². The molecule has 0 unspecified atom stereocenters. The third-order valence-corrected chi connectivity index (χ3v) is 4.94. The lowest BCUT2D eigenvalue weighted by Gasteiger charge is -2.09. The first-order valence-electron chi connectivity index (χ1n) is 9.66. The maximum Gasteiger partial charge on any atom is 0.161 e. The molecule has 0 atom stereocenters. The maximum absolute atomic E-state index is 6.00. The molecule has 1 N–H and O–H groups in total. The number of methoxy groups -OCH3 is 1. The van der Waals surface area contributed by atoms with Crippen LogP contribution in [0.4, 0.5) is 0 Å². The summed E-state index contributed by atoms with van der Waals surface area (Å²) < 4.78 is 13.2. The fraction of sp³-hybridized carbons (Fsp3) is 0.0833. The topological polar surface area (TPSA) is 65.0 Å². The second-order valence-corrected chi connectivity index (χ2v) is 6.82. The van der Waals surface area contributed by atoms with Crippen LogP contribution in [-0.4, -0.2) is 26.9 Å². The van der Waals surface area contributed by atoms with Gasteiger partial charge in [-0.2, -0.15) is 5.10 Å². The number of imidazole rings is 1. The Kier molecular flexibility index (Phi) is 5.91. The lowest BCUT2D eigenvalue weighted by atomic mass is 10.1. The van der Waals surface area contributed by atoms with Crippen molar-refractivity contribution < 1.29 is 9.47 Å². The van der Waals surface area contributed by atoms with E-state index in [4.69, 9.17) is 14.5 Å². The number of hydrogen-bond acceptors (Lipinski definition) is 4. The molecule has 0 amide bonds. The van der Waals surface area contributed by atoms with E-state index < -0.39 is 0 Å². The van der Waals surface area contributed by atoms with Crippen molar-refractivity contribution in [2.45, 2.75) is 6.61 Å². The summed E-state index contributed by atoms with van der Waals surface area (Å²) in [6.45, 7) is 0.314. The zero-order chi connectivity index (χ0) is 20.3. The van der Waals surface area contributed by atoms with Crippen molar-refractivity contribution in [1.29, 1.82) is 0 Å². The average Bonchev–Trinajstić information content (AvgIpc) is 3.43. The van der Waals surface area contributed by atoms with Gasteiger partial charge < -0.3 is 9.47 Å². The number of nitrogens with zero attached hydrogens (tertiary/aromatic N) is 3. The summed E-state index contributed by atoms with van der Waals surface area (Å²) >= 11 is 0. The van der Waals surface area contributed by atoms with Crippen LogP contribution in [-0.2, 0) is 6.61 Å². The average molecular weight is 433 g/mol. The second-order valence-electron chi connectivity index (χ2n) is 6.82. The van der Waals surface area contributed by atoms with Crippen LogP contribution in [0.3, 0.4) is 0 Å². The van der Waals surface area contributed by atoms with Gasteiger partial charge in [0.1, 0.15) is 18.1 Å². The maximum atomic E-state index is 6.00. The van der Waals surface area contributed by atoms with Gasteiger partial charge in [-0.25, -0.2) is 4.98 Å². The lowest BCUT2D eigenvalue weighted by molar-refractivity contribution is 0.293. The van der Waals surface area contributed by atoms with Gasteiger partial charge in [0.2, 0.25) is 0 Å². The molecule has 2 heterocycles. The molecule has 156 valence electrons. The van der Waals surface area contributed by atoms with Gasteiger partial charge in [-0.3, -0.25) is 9.67 Å². The van der Waals surface area contributed by atoms with Crippen molar-refractivity contribution in [3.63, 3.8) is 0 Å². The largest absolute Gasteiger partial charge is 0.497 e. The number of H-pyrrole nitrogens is 1. The van der Waals surface area contributed by atoms with Crippen LogP contribution in [0.15, 0.2) is 84.9 Å². The van der Waals surface area contributed by atoms with Crippen LogP contribution in [0.5, 0.6) is 11.5 Å². The zero-order valence-corrected chi connectivity index (χ0v) is 17.7. The molecule has 0 aliphatic heterocycles. The zero-order valence-electron chi connectivity index (χ0n) is 16.9. The van der Waals surface area contributed by atoms with Gasteiger partial charge in [0, 0.05) is 6.07 Å². The number of ether oxygens (including phenoxy) is 2. The number of nitrogens with one attached hydrogen (secondary N) is 1. The van der Waals surface area contributed by atoms with Crippen LogP contribution in [0, 0.1) is 0 Å². The number of fused-ring (bicyclic) bond motifs is 1. The number of hydrogen-bond donors (Lipinski definition) is 1. The van der Waals surface area contributed by atoms with E-state index in [2.05, 4.69) is 22.3 Å². The highest BCUT2D eigenvalue weighted by atomic mass is 35.5. The van der Waals surface area contributed by atoms with E-state index in [-0.39, 0.29) is 12.4 Å². The fourth-order valence-corrected chi connectivity index (χ4v) is 3.44. The van der Waals surface area contributed by atoms with Crippen molar-refractivity contribution in [3.05, 3.63) is 90.8 Å². The lowest BCUT2D eigenvalue weighted by Crippen LogP contribution is -2.06. The SMILES string of the molecule is COc1ccc(OCc2nc3ccccc3n2-c2cc(-c3ccccc3)[nH]n2)cc1.Cl. The highest BCUT2D eigenvalue weighted by Crippen LogP contribution is 2.25. The van der Waals surface area contributed by atoms with E-state index >= 15 is 0 Å². The van der Waals surface area contributed by atoms with Crippen LogP contribution >= 0.6 is 12.4 Å². The van der Waals surface area contributed by atoms with E-state index in [1.54, 1.807) is 7.11 Å². The summed E-state index contributed by atoms with van der Waals surface area (Å²) in [4.78, 5) is 4.78. The molecule has 0 spiro atoms. The molecule has 0 aliphatic rings. The molecule has 31 heavy (non-hydrogen) atoms. The van der Waals surface area contributed by atoms with Gasteiger partial charge in [-0.15, -0.1) is 12.4 Å². The molecule has 2 aromatic heterocycles. The Hall–Kier alpha value is -3.77. The normalized spacial score (nSPS) is 10.6. The minimum absolute atomic E-state index is 0. The summed E-state index contributed by atoms with van der Waals surface area (Å²) in [6.07, 6.45) is 0. The first kappa shape index (κ1) is 20.5. The van der Waals surface area contributed by atoms with Crippen molar-refractivity contribution in [1.82, 2.24) is 19.7 Å².